The minimum atomic E-state index is 0.441. The zero-order valence-corrected chi connectivity index (χ0v) is 11.6. The largest absolute Gasteiger partial charge is 0.0732 e. The summed E-state index contributed by atoms with van der Waals surface area (Å²) in [6.07, 6.45) is 17.8. The van der Waals surface area contributed by atoms with Gasteiger partial charge >= 0.3 is 0 Å². The van der Waals surface area contributed by atoms with Gasteiger partial charge in [0.1, 0.15) is 0 Å². The van der Waals surface area contributed by atoms with Gasteiger partial charge in [0, 0.05) is 11.8 Å². The fourth-order valence-corrected chi connectivity index (χ4v) is 3.04. The predicted octanol–water partition coefficient (Wildman–Crippen LogP) is 5.23. The van der Waals surface area contributed by atoms with Gasteiger partial charge in [0.2, 0.25) is 0 Å². The normalized spacial score (nSPS) is 18.3. The van der Waals surface area contributed by atoms with E-state index in [9.17, 15) is 0 Å². The molecule has 96 valence electrons. The highest BCUT2D eigenvalue weighted by Crippen LogP contribution is 2.38. The molecule has 19 heavy (non-hydrogen) atoms. The molecule has 0 saturated heterocycles. The van der Waals surface area contributed by atoms with Crippen molar-refractivity contribution in [3.8, 4) is 0 Å². The fraction of sp³-hybridized carbons (Fsp3) is 0.263. The van der Waals surface area contributed by atoms with Gasteiger partial charge in [0.15, 0.2) is 0 Å². The van der Waals surface area contributed by atoms with E-state index in [1.165, 1.54) is 16.7 Å². The van der Waals surface area contributed by atoms with Gasteiger partial charge < -0.3 is 0 Å². The van der Waals surface area contributed by atoms with E-state index in [-0.39, 0.29) is 0 Å². The Morgan fingerprint density at radius 3 is 1.95 bits per heavy atom. The topological polar surface area (TPSA) is 0 Å². The molecule has 2 aliphatic rings. The second kappa shape index (κ2) is 5.05. The lowest BCUT2D eigenvalue weighted by Crippen LogP contribution is -2.06. The Kier molecular flexibility index (Phi) is 3.25. The summed E-state index contributed by atoms with van der Waals surface area (Å²) in [5, 5.41) is 0. The van der Waals surface area contributed by atoms with E-state index < -0.39 is 0 Å². The predicted molar refractivity (Wildman–Crippen MR) is 82.6 cm³/mol. The van der Waals surface area contributed by atoms with Gasteiger partial charge in [-0.05, 0) is 22.6 Å². The summed E-state index contributed by atoms with van der Waals surface area (Å²) in [6.45, 7) is 4.57. The van der Waals surface area contributed by atoms with Crippen LogP contribution in [0.4, 0.5) is 0 Å². The molecule has 0 fully saturated rings. The fourth-order valence-electron chi connectivity index (χ4n) is 3.04. The number of allylic oxidation sites excluding steroid dienone is 8. The second-order valence-corrected chi connectivity index (χ2v) is 5.60. The van der Waals surface area contributed by atoms with Gasteiger partial charge in [-0.15, -0.1) is 0 Å². The van der Waals surface area contributed by atoms with Crippen LogP contribution < -0.4 is 0 Å². The van der Waals surface area contributed by atoms with Crippen molar-refractivity contribution in [1.82, 2.24) is 0 Å². The molecule has 0 N–H and O–H groups in total. The van der Waals surface area contributed by atoms with Crippen molar-refractivity contribution in [2.24, 2.45) is 0 Å². The van der Waals surface area contributed by atoms with Gasteiger partial charge in [-0.3, -0.25) is 0 Å². The first-order valence-corrected chi connectivity index (χ1v) is 7.10. The molecule has 0 heteroatoms. The van der Waals surface area contributed by atoms with Crippen LogP contribution in [0.1, 0.15) is 48.3 Å². The summed E-state index contributed by atoms with van der Waals surface area (Å²) >= 11 is 0. The molecule has 0 atom stereocenters. The van der Waals surface area contributed by atoms with Gasteiger partial charge in [0.25, 0.3) is 0 Å². The number of benzene rings is 1. The Morgan fingerprint density at radius 1 is 0.789 bits per heavy atom. The lowest BCUT2D eigenvalue weighted by Gasteiger charge is -2.22. The summed E-state index contributed by atoms with van der Waals surface area (Å²) in [5.74, 6) is 1.44. The average Bonchev–Trinajstić information content (AvgIpc) is 3.11. The van der Waals surface area contributed by atoms with Crippen LogP contribution in [0.5, 0.6) is 0 Å². The quantitative estimate of drug-likeness (QED) is 0.687. The highest BCUT2D eigenvalue weighted by molar-refractivity contribution is 5.51. The molecule has 0 saturated carbocycles. The van der Waals surface area contributed by atoms with Crippen LogP contribution >= 0.6 is 0 Å². The molecule has 0 bridgehead atoms. The molecular weight excluding hydrogens is 228 g/mol. The molecule has 0 aliphatic heterocycles. The first kappa shape index (κ1) is 12.2. The van der Waals surface area contributed by atoms with Gasteiger partial charge in [-0.25, -0.2) is 0 Å². The molecule has 0 radical (unpaired) electrons. The van der Waals surface area contributed by atoms with E-state index in [1.807, 2.05) is 0 Å². The van der Waals surface area contributed by atoms with Crippen LogP contribution in [-0.4, -0.2) is 0 Å². The third-order valence-corrected chi connectivity index (χ3v) is 3.98. The maximum absolute atomic E-state index is 2.30. The minimum absolute atomic E-state index is 0.441. The average molecular weight is 248 g/mol. The van der Waals surface area contributed by atoms with Gasteiger partial charge in [-0.1, -0.05) is 80.7 Å². The van der Waals surface area contributed by atoms with Crippen molar-refractivity contribution < 1.29 is 0 Å². The van der Waals surface area contributed by atoms with Crippen LogP contribution in [-0.2, 0) is 0 Å². The van der Waals surface area contributed by atoms with Crippen molar-refractivity contribution in [1.29, 1.82) is 0 Å². The number of hydrogen-bond acceptors (Lipinski definition) is 0. The molecular formula is C19H20. The molecule has 0 unspecified atom stereocenters. The molecule has 0 heterocycles. The van der Waals surface area contributed by atoms with Gasteiger partial charge in [0.05, 0.1) is 0 Å². The SMILES string of the molecule is CC(C)c1cccc(C2C=CC=C2)c1C1C=CC=C1. The third kappa shape index (κ3) is 2.23. The maximum atomic E-state index is 2.30. The molecule has 0 spiro atoms. The summed E-state index contributed by atoms with van der Waals surface area (Å²) in [4.78, 5) is 0. The van der Waals surface area contributed by atoms with Crippen LogP contribution in [0.3, 0.4) is 0 Å². The summed E-state index contributed by atoms with van der Waals surface area (Å²) in [6, 6.07) is 6.77. The third-order valence-electron chi connectivity index (χ3n) is 3.98. The number of hydrogen-bond donors (Lipinski definition) is 0. The Labute approximate surface area is 115 Å². The molecule has 2 aliphatic carbocycles. The van der Waals surface area contributed by atoms with Crippen molar-refractivity contribution in [3.05, 3.63) is 83.5 Å². The van der Waals surface area contributed by atoms with E-state index >= 15 is 0 Å². The zero-order chi connectivity index (χ0) is 13.2. The van der Waals surface area contributed by atoms with Crippen LogP contribution in [0.15, 0.2) is 66.8 Å². The van der Waals surface area contributed by atoms with E-state index in [0.717, 1.165) is 0 Å². The Balaban J connectivity index is 2.15. The monoisotopic (exact) mass is 248 g/mol. The van der Waals surface area contributed by atoms with E-state index in [1.54, 1.807) is 0 Å². The maximum Gasteiger partial charge on any atom is 0.0210 e. The summed E-state index contributed by atoms with van der Waals surface area (Å²) in [7, 11) is 0. The second-order valence-electron chi connectivity index (χ2n) is 5.60. The molecule has 1 aromatic rings. The molecule has 0 amide bonds. The Hall–Kier alpha value is -1.82. The summed E-state index contributed by atoms with van der Waals surface area (Å²) in [5.41, 5.74) is 4.44. The first-order valence-electron chi connectivity index (χ1n) is 7.10. The smallest absolute Gasteiger partial charge is 0.0210 e. The Bertz CT molecular complexity index is 558. The van der Waals surface area contributed by atoms with Crippen molar-refractivity contribution >= 4 is 0 Å². The highest BCUT2D eigenvalue weighted by atomic mass is 14.3. The standard InChI is InChI=1S/C19H20/c1-14(2)17-12-7-13-18(15-8-3-4-9-15)19(17)16-10-5-6-11-16/h3-16H,1-2H3. The lowest BCUT2D eigenvalue weighted by atomic mass is 9.82. The Morgan fingerprint density at radius 2 is 1.37 bits per heavy atom. The first-order chi connectivity index (χ1) is 9.27. The van der Waals surface area contributed by atoms with Crippen molar-refractivity contribution in [2.75, 3.05) is 0 Å². The van der Waals surface area contributed by atoms with Crippen molar-refractivity contribution in [2.45, 2.75) is 31.6 Å². The van der Waals surface area contributed by atoms with E-state index in [0.29, 0.717) is 17.8 Å². The van der Waals surface area contributed by atoms with Crippen LogP contribution in [0, 0.1) is 0 Å². The number of rotatable bonds is 3. The molecule has 1 aromatic carbocycles. The lowest BCUT2D eigenvalue weighted by molar-refractivity contribution is 0.828. The van der Waals surface area contributed by atoms with Crippen LogP contribution in [0.25, 0.3) is 0 Å². The van der Waals surface area contributed by atoms with Gasteiger partial charge in [-0.2, -0.15) is 0 Å². The molecule has 0 aromatic heterocycles. The van der Waals surface area contributed by atoms with E-state index in [2.05, 4.69) is 80.7 Å². The summed E-state index contributed by atoms with van der Waals surface area (Å²) < 4.78 is 0. The molecule has 0 nitrogen and oxygen atoms in total. The highest BCUT2D eigenvalue weighted by Gasteiger charge is 2.21. The van der Waals surface area contributed by atoms with Crippen molar-refractivity contribution in [3.63, 3.8) is 0 Å². The molecule has 3 rings (SSSR count). The van der Waals surface area contributed by atoms with Crippen LogP contribution in [0.2, 0.25) is 0 Å². The zero-order valence-electron chi connectivity index (χ0n) is 11.6. The minimum Gasteiger partial charge on any atom is -0.0732 e. The van der Waals surface area contributed by atoms with E-state index in [4.69, 9.17) is 0 Å².